The number of benzene rings is 2. The number of H-pyrrole nitrogens is 1. The summed E-state index contributed by atoms with van der Waals surface area (Å²) in [5, 5.41) is 9.83. The van der Waals surface area contributed by atoms with Crippen molar-refractivity contribution in [3.8, 4) is 22.6 Å². The van der Waals surface area contributed by atoms with Gasteiger partial charge in [0.05, 0.1) is 16.8 Å². The van der Waals surface area contributed by atoms with Gasteiger partial charge in [-0.05, 0) is 38.0 Å². The molecule has 0 amide bonds. The zero-order valence-electron chi connectivity index (χ0n) is 16.0. The molecule has 0 spiro atoms. The van der Waals surface area contributed by atoms with Crippen LogP contribution >= 0.6 is 11.6 Å². The minimum Gasteiger partial charge on any atom is -0.393 e. The van der Waals surface area contributed by atoms with Gasteiger partial charge in [0.2, 0.25) is 10.0 Å². The number of hydrogen-bond acceptors (Lipinski definition) is 4. The van der Waals surface area contributed by atoms with Crippen LogP contribution in [0.25, 0.3) is 22.6 Å². The molecule has 6 nitrogen and oxygen atoms in total. The highest BCUT2D eigenvalue weighted by molar-refractivity contribution is 7.89. The van der Waals surface area contributed by atoms with Gasteiger partial charge in [0.15, 0.2) is 0 Å². The van der Waals surface area contributed by atoms with Crippen LogP contribution < -0.4 is 0 Å². The summed E-state index contributed by atoms with van der Waals surface area (Å²) in [6.07, 6.45) is 2.20. The summed E-state index contributed by atoms with van der Waals surface area (Å²) in [5.41, 5.74) is 3.57. The number of aromatic nitrogens is 2. The number of aromatic amines is 1. The second-order valence-corrected chi connectivity index (χ2v) is 9.59. The lowest BCUT2D eigenvalue weighted by Crippen LogP contribution is -2.40. The second kappa shape index (κ2) is 7.91. The molecule has 1 fully saturated rings. The summed E-state index contributed by atoms with van der Waals surface area (Å²) in [4.78, 5) is 7.80. The second-order valence-electron chi connectivity index (χ2n) is 7.28. The van der Waals surface area contributed by atoms with Gasteiger partial charge in [-0.1, -0.05) is 41.4 Å². The number of aliphatic hydroxyl groups excluding tert-OH is 1. The summed E-state index contributed by atoms with van der Waals surface area (Å²) in [6, 6.07) is 12.9. The Kier molecular flexibility index (Phi) is 5.48. The van der Waals surface area contributed by atoms with Crippen molar-refractivity contribution in [1.29, 1.82) is 0 Å². The first-order valence-electron chi connectivity index (χ1n) is 9.45. The zero-order valence-corrected chi connectivity index (χ0v) is 17.5. The van der Waals surface area contributed by atoms with E-state index >= 15 is 0 Å². The predicted molar refractivity (Wildman–Crippen MR) is 113 cm³/mol. The van der Waals surface area contributed by atoms with Gasteiger partial charge in [-0.15, -0.1) is 0 Å². The Bertz CT molecular complexity index is 1120. The van der Waals surface area contributed by atoms with Crippen molar-refractivity contribution in [2.75, 3.05) is 13.1 Å². The number of nitrogens with one attached hydrogen (secondary N) is 1. The first kappa shape index (κ1) is 20.1. The van der Waals surface area contributed by atoms with Crippen LogP contribution in [0.4, 0.5) is 0 Å². The van der Waals surface area contributed by atoms with Crippen molar-refractivity contribution >= 4 is 21.6 Å². The Morgan fingerprint density at radius 1 is 1.10 bits per heavy atom. The highest BCUT2D eigenvalue weighted by Crippen LogP contribution is 2.31. The van der Waals surface area contributed by atoms with Gasteiger partial charge in [-0.25, -0.2) is 13.4 Å². The maximum absolute atomic E-state index is 13.1. The molecule has 0 unspecified atom stereocenters. The van der Waals surface area contributed by atoms with Gasteiger partial charge in [-0.3, -0.25) is 0 Å². The SMILES string of the molecule is Cc1ccc(-c2c[nH]c(-c3ccc(Cl)c(S(=O)(=O)N4CCC(O)CC4)c3)n2)cc1. The lowest BCUT2D eigenvalue weighted by atomic mass is 10.1. The average molecular weight is 432 g/mol. The molecule has 0 saturated carbocycles. The van der Waals surface area contributed by atoms with E-state index in [0.29, 0.717) is 24.2 Å². The number of piperidine rings is 1. The predicted octanol–water partition coefficient (Wildman–Crippen LogP) is 3.85. The normalized spacial score (nSPS) is 16.2. The molecule has 2 heterocycles. The van der Waals surface area contributed by atoms with E-state index in [1.54, 1.807) is 24.4 Å². The number of sulfonamides is 1. The van der Waals surface area contributed by atoms with Crippen molar-refractivity contribution < 1.29 is 13.5 Å². The Morgan fingerprint density at radius 2 is 1.76 bits per heavy atom. The average Bonchev–Trinajstić information content (AvgIpc) is 3.19. The Morgan fingerprint density at radius 3 is 2.45 bits per heavy atom. The number of imidazole rings is 1. The van der Waals surface area contributed by atoms with Gasteiger partial charge in [0.1, 0.15) is 10.7 Å². The number of aliphatic hydroxyl groups is 1. The zero-order chi connectivity index (χ0) is 20.6. The van der Waals surface area contributed by atoms with Gasteiger partial charge >= 0.3 is 0 Å². The lowest BCUT2D eigenvalue weighted by molar-refractivity contribution is 0.113. The van der Waals surface area contributed by atoms with Crippen LogP contribution in [0.3, 0.4) is 0 Å². The molecular weight excluding hydrogens is 410 g/mol. The molecule has 0 bridgehead atoms. The van der Waals surface area contributed by atoms with E-state index in [1.165, 1.54) is 9.87 Å². The summed E-state index contributed by atoms with van der Waals surface area (Å²) >= 11 is 6.25. The van der Waals surface area contributed by atoms with E-state index in [2.05, 4.69) is 9.97 Å². The minimum atomic E-state index is -3.75. The van der Waals surface area contributed by atoms with Crippen molar-refractivity contribution in [2.24, 2.45) is 0 Å². The molecule has 0 radical (unpaired) electrons. The molecule has 8 heteroatoms. The van der Waals surface area contributed by atoms with E-state index in [0.717, 1.165) is 11.3 Å². The van der Waals surface area contributed by atoms with Crippen LogP contribution in [0, 0.1) is 6.92 Å². The first-order valence-corrected chi connectivity index (χ1v) is 11.3. The summed E-state index contributed by atoms with van der Waals surface area (Å²) in [6.45, 7) is 2.59. The summed E-state index contributed by atoms with van der Waals surface area (Å²) in [7, 11) is -3.75. The Hall–Kier alpha value is -2.19. The van der Waals surface area contributed by atoms with Crippen molar-refractivity contribution in [2.45, 2.75) is 30.8 Å². The molecule has 0 aliphatic carbocycles. The van der Waals surface area contributed by atoms with Crippen molar-refractivity contribution in [3.05, 3.63) is 59.2 Å². The maximum atomic E-state index is 13.1. The van der Waals surface area contributed by atoms with E-state index in [-0.39, 0.29) is 23.0 Å². The van der Waals surface area contributed by atoms with Gasteiger partial charge in [-0.2, -0.15) is 4.31 Å². The molecule has 1 aliphatic rings. The summed E-state index contributed by atoms with van der Waals surface area (Å²) in [5.74, 6) is 0.572. The van der Waals surface area contributed by atoms with Crippen molar-refractivity contribution in [1.82, 2.24) is 14.3 Å². The standard InChI is InChI=1S/C21H22ClN3O3S/c1-14-2-4-15(5-3-14)19-13-23-21(24-19)16-6-7-18(22)20(12-16)29(27,28)25-10-8-17(26)9-11-25/h2-7,12-13,17,26H,8-11H2,1H3,(H,23,24). The third-order valence-corrected chi connectivity index (χ3v) is 7.55. The van der Waals surface area contributed by atoms with E-state index in [1.807, 2.05) is 31.2 Å². The van der Waals surface area contributed by atoms with Gasteiger partial charge < -0.3 is 10.1 Å². The number of rotatable bonds is 4. The minimum absolute atomic E-state index is 0.0568. The number of nitrogens with zero attached hydrogens (tertiary/aromatic N) is 2. The van der Waals surface area contributed by atoms with E-state index in [9.17, 15) is 13.5 Å². The smallest absolute Gasteiger partial charge is 0.244 e. The lowest BCUT2D eigenvalue weighted by Gasteiger charge is -2.29. The molecule has 1 aromatic heterocycles. The fourth-order valence-corrected chi connectivity index (χ4v) is 5.38. The summed E-state index contributed by atoms with van der Waals surface area (Å²) < 4.78 is 27.6. The largest absolute Gasteiger partial charge is 0.393 e. The highest BCUT2D eigenvalue weighted by Gasteiger charge is 2.30. The third kappa shape index (κ3) is 4.09. The number of aryl methyl sites for hydroxylation is 1. The fraction of sp³-hybridized carbons (Fsp3) is 0.286. The third-order valence-electron chi connectivity index (χ3n) is 5.17. The molecule has 29 heavy (non-hydrogen) atoms. The molecular formula is C21H22ClN3O3S. The monoisotopic (exact) mass is 431 g/mol. The Balaban J connectivity index is 1.66. The quantitative estimate of drug-likeness (QED) is 0.656. The van der Waals surface area contributed by atoms with Crippen LogP contribution in [0.5, 0.6) is 0 Å². The van der Waals surface area contributed by atoms with Gasteiger partial charge in [0.25, 0.3) is 0 Å². The van der Waals surface area contributed by atoms with E-state index in [4.69, 9.17) is 11.6 Å². The Labute approximate surface area is 175 Å². The highest BCUT2D eigenvalue weighted by atomic mass is 35.5. The van der Waals surface area contributed by atoms with E-state index < -0.39 is 16.1 Å². The molecule has 2 N–H and O–H groups in total. The maximum Gasteiger partial charge on any atom is 0.244 e. The fourth-order valence-electron chi connectivity index (χ4n) is 3.41. The van der Waals surface area contributed by atoms with Crippen LogP contribution in [0.2, 0.25) is 5.02 Å². The van der Waals surface area contributed by atoms with Crippen LogP contribution in [0.15, 0.2) is 53.6 Å². The molecule has 1 saturated heterocycles. The molecule has 1 aliphatic heterocycles. The van der Waals surface area contributed by atoms with Crippen LogP contribution in [-0.4, -0.2) is 47.0 Å². The topological polar surface area (TPSA) is 86.3 Å². The molecule has 2 aromatic carbocycles. The molecule has 152 valence electrons. The first-order chi connectivity index (χ1) is 13.8. The number of hydrogen-bond donors (Lipinski definition) is 2. The molecule has 4 rings (SSSR count). The number of halogens is 1. The van der Waals surface area contributed by atoms with Crippen LogP contribution in [-0.2, 0) is 10.0 Å². The van der Waals surface area contributed by atoms with Crippen LogP contribution in [0.1, 0.15) is 18.4 Å². The van der Waals surface area contributed by atoms with Crippen molar-refractivity contribution in [3.63, 3.8) is 0 Å². The van der Waals surface area contributed by atoms with Gasteiger partial charge in [0, 0.05) is 30.4 Å². The molecule has 3 aromatic rings. The molecule has 0 atom stereocenters.